The molecule has 0 saturated heterocycles. The number of aryl methyl sites for hydroxylation is 2. The van der Waals surface area contributed by atoms with Gasteiger partial charge in [0.05, 0.1) is 6.42 Å². The molecule has 7 heteroatoms. The summed E-state index contributed by atoms with van der Waals surface area (Å²) in [5.41, 5.74) is 3.36. The van der Waals surface area contributed by atoms with Crippen molar-refractivity contribution in [3.63, 3.8) is 0 Å². The van der Waals surface area contributed by atoms with Crippen LogP contribution >= 0.6 is 11.8 Å². The van der Waals surface area contributed by atoms with E-state index in [4.69, 9.17) is 0 Å². The Balaban J connectivity index is 1.88. The Bertz CT molecular complexity index is 860. The summed E-state index contributed by atoms with van der Waals surface area (Å²) in [6.45, 7) is 3.83. The van der Waals surface area contributed by atoms with E-state index in [1.807, 2.05) is 50.4 Å². The number of rotatable bonds is 4. The van der Waals surface area contributed by atoms with Crippen molar-refractivity contribution in [1.82, 2.24) is 19.6 Å². The van der Waals surface area contributed by atoms with Gasteiger partial charge in [-0.2, -0.15) is 4.98 Å². The maximum atomic E-state index is 12.3. The smallest absolute Gasteiger partial charge is 0.253 e. The molecule has 0 bridgehead atoms. The predicted octanol–water partition coefficient (Wildman–Crippen LogP) is 2.64. The highest BCUT2D eigenvalue weighted by atomic mass is 32.2. The molecule has 3 rings (SSSR count). The monoisotopic (exact) mass is 327 g/mol. The fraction of sp³-hybridized carbons (Fsp3) is 0.250. The molecular formula is C16H17N5OS. The molecule has 0 saturated carbocycles. The number of carbonyl (C=O) groups is 1. The number of para-hydroxylation sites is 1. The zero-order valence-corrected chi connectivity index (χ0v) is 14.0. The van der Waals surface area contributed by atoms with Crippen molar-refractivity contribution >= 4 is 29.1 Å². The molecule has 2 heterocycles. The van der Waals surface area contributed by atoms with Crippen LogP contribution in [-0.2, 0) is 11.2 Å². The minimum Gasteiger partial charge on any atom is -0.326 e. The van der Waals surface area contributed by atoms with Crippen molar-refractivity contribution < 1.29 is 4.79 Å². The number of nitrogens with zero attached hydrogens (tertiary/aromatic N) is 4. The van der Waals surface area contributed by atoms with Crippen LogP contribution in [-0.4, -0.2) is 31.7 Å². The summed E-state index contributed by atoms with van der Waals surface area (Å²) in [5.74, 6) is 0.491. The highest BCUT2D eigenvalue weighted by Crippen LogP contribution is 2.17. The summed E-state index contributed by atoms with van der Waals surface area (Å²) in [5, 5.41) is 7.96. The molecule has 1 amide bonds. The Morgan fingerprint density at radius 2 is 1.96 bits per heavy atom. The molecule has 0 atom stereocenters. The second kappa shape index (κ2) is 6.37. The molecule has 118 valence electrons. The normalized spacial score (nSPS) is 10.9. The van der Waals surface area contributed by atoms with Crippen molar-refractivity contribution in [1.29, 1.82) is 0 Å². The largest absolute Gasteiger partial charge is 0.326 e. The zero-order chi connectivity index (χ0) is 16.4. The third-order valence-corrected chi connectivity index (χ3v) is 4.15. The van der Waals surface area contributed by atoms with E-state index in [9.17, 15) is 4.79 Å². The van der Waals surface area contributed by atoms with Crippen molar-refractivity contribution in [3.8, 4) is 0 Å². The lowest BCUT2D eigenvalue weighted by Gasteiger charge is -2.10. The summed E-state index contributed by atoms with van der Waals surface area (Å²) >= 11 is 1.47. The minimum atomic E-state index is -0.0752. The van der Waals surface area contributed by atoms with E-state index in [-0.39, 0.29) is 12.3 Å². The molecule has 1 aromatic carbocycles. The van der Waals surface area contributed by atoms with Gasteiger partial charge in [0.25, 0.3) is 5.78 Å². The first kappa shape index (κ1) is 15.5. The van der Waals surface area contributed by atoms with Gasteiger partial charge in [-0.15, -0.1) is 5.10 Å². The van der Waals surface area contributed by atoms with Crippen LogP contribution in [0.4, 0.5) is 5.69 Å². The first-order valence-corrected chi connectivity index (χ1v) is 8.42. The molecule has 0 radical (unpaired) electrons. The number of aromatic nitrogens is 4. The number of thioether (sulfide) groups is 1. The van der Waals surface area contributed by atoms with Gasteiger partial charge in [-0.05, 0) is 32.2 Å². The SMILES string of the molecule is CSc1nc2nc(C)c(CC(=O)Nc3ccccc3)c(C)n2n1. The van der Waals surface area contributed by atoms with Crippen LogP contribution in [0.3, 0.4) is 0 Å². The average molecular weight is 327 g/mol. The maximum absolute atomic E-state index is 12.3. The molecule has 6 nitrogen and oxygen atoms in total. The van der Waals surface area contributed by atoms with E-state index in [0.29, 0.717) is 10.9 Å². The van der Waals surface area contributed by atoms with Crippen molar-refractivity contribution in [2.24, 2.45) is 0 Å². The van der Waals surface area contributed by atoms with Crippen LogP contribution in [0.25, 0.3) is 5.78 Å². The van der Waals surface area contributed by atoms with E-state index in [1.165, 1.54) is 11.8 Å². The lowest BCUT2D eigenvalue weighted by Crippen LogP contribution is -2.17. The molecule has 0 aliphatic carbocycles. The average Bonchev–Trinajstić information content (AvgIpc) is 2.95. The van der Waals surface area contributed by atoms with Crippen LogP contribution in [0.5, 0.6) is 0 Å². The maximum Gasteiger partial charge on any atom is 0.253 e. The quantitative estimate of drug-likeness (QED) is 0.746. The lowest BCUT2D eigenvalue weighted by atomic mass is 10.1. The van der Waals surface area contributed by atoms with E-state index in [0.717, 1.165) is 22.6 Å². The number of anilines is 1. The van der Waals surface area contributed by atoms with Crippen LogP contribution in [0, 0.1) is 13.8 Å². The van der Waals surface area contributed by atoms with Crippen molar-refractivity contribution in [3.05, 3.63) is 47.3 Å². The number of hydrogen-bond acceptors (Lipinski definition) is 5. The van der Waals surface area contributed by atoms with Gasteiger partial charge in [0, 0.05) is 22.6 Å². The molecule has 0 aliphatic heterocycles. The molecule has 1 N–H and O–H groups in total. The van der Waals surface area contributed by atoms with E-state index < -0.39 is 0 Å². The third kappa shape index (κ3) is 3.19. The summed E-state index contributed by atoms with van der Waals surface area (Å²) < 4.78 is 1.70. The van der Waals surface area contributed by atoms with Crippen LogP contribution < -0.4 is 5.32 Å². The zero-order valence-electron chi connectivity index (χ0n) is 13.2. The number of fused-ring (bicyclic) bond motifs is 1. The number of nitrogens with one attached hydrogen (secondary N) is 1. The van der Waals surface area contributed by atoms with Crippen LogP contribution in [0.15, 0.2) is 35.5 Å². The lowest BCUT2D eigenvalue weighted by molar-refractivity contribution is -0.115. The molecule has 0 spiro atoms. The minimum absolute atomic E-state index is 0.0752. The second-order valence-corrected chi connectivity index (χ2v) is 5.94. The van der Waals surface area contributed by atoms with Crippen LogP contribution in [0.2, 0.25) is 0 Å². The van der Waals surface area contributed by atoms with E-state index >= 15 is 0 Å². The Hall–Kier alpha value is -2.41. The molecule has 3 aromatic rings. The molecular weight excluding hydrogens is 310 g/mol. The Kier molecular flexibility index (Phi) is 4.29. The van der Waals surface area contributed by atoms with Gasteiger partial charge < -0.3 is 5.32 Å². The molecule has 0 fully saturated rings. The highest BCUT2D eigenvalue weighted by Gasteiger charge is 2.15. The molecule has 0 aliphatic rings. The highest BCUT2D eigenvalue weighted by molar-refractivity contribution is 7.98. The summed E-state index contributed by atoms with van der Waals surface area (Å²) in [6.07, 6.45) is 2.18. The molecule has 0 unspecified atom stereocenters. The number of hydrogen-bond donors (Lipinski definition) is 1. The molecule has 23 heavy (non-hydrogen) atoms. The fourth-order valence-electron chi connectivity index (χ4n) is 2.42. The van der Waals surface area contributed by atoms with Crippen molar-refractivity contribution in [2.45, 2.75) is 25.4 Å². The number of carbonyl (C=O) groups excluding carboxylic acids is 1. The summed E-state index contributed by atoms with van der Waals surface area (Å²) in [4.78, 5) is 21.1. The van der Waals surface area contributed by atoms with Gasteiger partial charge >= 0.3 is 0 Å². The first-order chi connectivity index (χ1) is 11.1. The fourth-order valence-corrected chi connectivity index (χ4v) is 2.76. The summed E-state index contributed by atoms with van der Waals surface area (Å²) in [6, 6.07) is 9.41. The third-order valence-electron chi connectivity index (χ3n) is 3.61. The topological polar surface area (TPSA) is 72.2 Å². The number of amides is 1. The van der Waals surface area contributed by atoms with Gasteiger partial charge in [-0.1, -0.05) is 30.0 Å². The van der Waals surface area contributed by atoms with Gasteiger partial charge in [0.1, 0.15) is 0 Å². The second-order valence-electron chi connectivity index (χ2n) is 5.16. The Morgan fingerprint density at radius 1 is 1.22 bits per heavy atom. The van der Waals surface area contributed by atoms with Gasteiger partial charge in [0.2, 0.25) is 11.1 Å². The van der Waals surface area contributed by atoms with E-state index in [2.05, 4.69) is 20.4 Å². The molecule has 2 aromatic heterocycles. The summed E-state index contributed by atoms with van der Waals surface area (Å²) in [7, 11) is 0. The van der Waals surface area contributed by atoms with E-state index in [1.54, 1.807) is 4.52 Å². The first-order valence-electron chi connectivity index (χ1n) is 7.20. The Labute approximate surface area is 138 Å². The van der Waals surface area contributed by atoms with Gasteiger partial charge in [-0.3, -0.25) is 4.79 Å². The van der Waals surface area contributed by atoms with Crippen molar-refractivity contribution in [2.75, 3.05) is 11.6 Å². The standard InChI is InChI=1S/C16H17N5OS/c1-10-13(9-14(22)18-12-7-5-4-6-8-12)11(2)21-15(17-10)19-16(20-21)23-3/h4-8H,9H2,1-3H3,(H,18,22). The predicted molar refractivity (Wildman–Crippen MR) is 90.8 cm³/mol. The van der Waals surface area contributed by atoms with Crippen LogP contribution in [0.1, 0.15) is 17.0 Å². The number of benzene rings is 1. The Morgan fingerprint density at radius 3 is 2.65 bits per heavy atom. The van der Waals surface area contributed by atoms with Gasteiger partial charge in [-0.25, -0.2) is 9.50 Å². The van der Waals surface area contributed by atoms with Gasteiger partial charge in [0.15, 0.2) is 0 Å².